The minimum atomic E-state index is -0.934. The van der Waals surface area contributed by atoms with Gasteiger partial charge in [0, 0.05) is 0 Å². The Balaban J connectivity index is 1.47. The van der Waals surface area contributed by atoms with Crippen molar-refractivity contribution in [2.45, 2.75) is 17.6 Å². The minimum Gasteiger partial charge on any atom is -0.453 e. The lowest BCUT2D eigenvalue weighted by Crippen LogP contribution is -2.45. The third-order valence-electron chi connectivity index (χ3n) is 8.81. The van der Waals surface area contributed by atoms with E-state index in [1.807, 2.05) is 48.5 Å². The smallest absolute Gasteiger partial charge is 0.346 e. The molecule has 0 amide bonds. The second-order valence-electron chi connectivity index (χ2n) is 10.5. The predicted molar refractivity (Wildman–Crippen MR) is 135 cm³/mol. The first-order valence-electron chi connectivity index (χ1n) is 12.6. The van der Waals surface area contributed by atoms with Crippen LogP contribution in [0.5, 0.6) is 0 Å². The van der Waals surface area contributed by atoms with Gasteiger partial charge in [0.25, 0.3) is 0 Å². The molecule has 0 N–H and O–H groups in total. The van der Waals surface area contributed by atoms with Crippen LogP contribution in [0, 0.1) is 11.3 Å². The zero-order valence-corrected chi connectivity index (χ0v) is 20.1. The van der Waals surface area contributed by atoms with Gasteiger partial charge in [-0.2, -0.15) is 5.26 Å². The normalized spacial score (nSPS) is 23.8. The molecule has 9 rings (SSSR count). The van der Waals surface area contributed by atoms with Crippen LogP contribution < -0.4 is 0 Å². The number of fused-ring (bicyclic) bond motifs is 14. The van der Waals surface area contributed by atoms with Crippen LogP contribution in [-0.2, 0) is 19.6 Å². The number of carbonyl (C=O) groups excluding carboxylic acids is 3. The zero-order valence-electron chi connectivity index (χ0n) is 20.1. The largest absolute Gasteiger partial charge is 0.453 e. The van der Waals surface area contributed by atoms with E-state index in [0.717, 1.165) is 50.1 Å². The monoisotopic (exact) mass is 509 g/mol. The van der Waals surface area contributed by atoms with Gasteiger partial charge in [-0.05, 0) is 86.5 Å². The first kappa shape index (κ1) is 20.9. The summed E-state index contributed by atoms with van der Waals surface area (Å²) in [6, 6.07) is 23.2. The molecule has 0 bridgehead atoms. The standard InChI is InChI=1S/C32H15NO6/c33-12-14-5-6-16-15-3-1-2-4-23(15)32(24(16)7-14)25-10-21-19(28-27(13-37-28)38-29(21)34)8-17(25)18-9-20-22(11-26(18)32)31(36)39-30(20)35/h1-11,27-28H,13H2. The average molecular weight is 509 g/mol. The molecule has 39 heavy (non-hydrogen) atoms. The Morgan fingerprint density at radius 2 is 1.38 bits per heavy atom. The third kappa shape index (κ3) is 2.27. The van der Waals surface area contributed by atoms with E-state index >= 15 is 0 Å². The molecule has 1 saturated heterocycles. The van der Waals surface area contributed by atoms with Crippen LogP contribution >= 0.6 is 0 Å². The minimum absolute atomic E-state index is 0.208. The number of nitrogens with zero attached hydrogens (tertiary/aromatic N) is 1. The van der Waals surface area contributed by atoms with E-state index < -0.39 is 23.3 Å². The Morgan fingerprint density at radius 3 is 2.15 bits per heavy atom. The molecule has 184 valence electrons. The van der Waals surface area contributed by atoms with E-state index in [2.05, 4.69) is 6.07 Å². The number of cyclic esters (lactones) is 2. The molecule has 5 aliphatic rings. The highest BCUT2D eigenvalue weighted by molar-refractivity contribution is 6.16. The zero-order chi connectivity index (χ0) is 26.2. The van der Waals surface area contributed by atoms with Gasteiger partial charge in [0.2, 0.25) is 0 Å². The molecule has 1 fully saturated rings. The van der Waals surface area contributed by atoms with Crippen molar-refractivity contribution in [3.8, 4) is 28.3 Å². The van der Waals surface area contributed by atoms with Gasteiger partial charge in [-0.15, -0.1) is 0 Å². The van der Waals surface area contributed by atoms with Crippen LogP contribution in [-0.4, -0.2) is 30.6 Å². The van der Waals surface area contributed by atoms with Crippen molar-refractivity contribution in [3.63, 3.8) is 0 Å². The lowest BCUT2D eigenvalue weighted by Gasteiger charge is -2.41. The first-order chi connectivity index (χ1) is 19.0. The second-order valence-corrected chi connectivity index (χ2v) is 10.5. The van der Waals surface area contributed by atoms with Crippen LogP contribution in [0.4, 0.5) is 0 Å². The van der Waals surface area contributed by atoms with E-state index in [9.17, 15) is 19.6 Å². The van der Waals surface area contributed by atoms with Gasteiger partial charge < -0.3 is 14.2 Å². The molecule has 3 aliphatic heterocycles. The Hall–Kier alpha value is -5.06. The van der Waals surface area contributed by atoms with Crippen LogP contribution in [0.3, 0.4) is 0 Å². The summed E-state index contributed by atoms with van der Waals surface area (Å²) in [4.78, 5) is 38.5. The summed E-state index contributed by atoms with van der Waals surface area (Å²) >= 11 is 0. The second kappa shape index (κ2) is 6.68. The molecule has 3 heterocycles. The van der Waals surface area contributed by atoms with Crippen molar-refractivity contribution in [3.05, 3.63) is 117 Å². The van der Waals surface area contributed by atoms with E-state index in [0.29, 0.717) is 17.7 Å². The van der Waals surface area contributed by atoms with Gasteiger partial charge in [0.15, 0.2) is 6.10 Å². The highest BCUT2D eigenvalue weighted by atomic mass is 16.6. The summed E-state index contributed by atoms with van der Waals surface area (Å²) in [6.45, 7) is 0.354. The van der Waals surface area contributed by atoms with E-state index in [4.69, 9.17) is 14.2 Å². The van der Waals surface area contributed by atoms with Crippen molar-refractivity contribution in [1.29, 1.82) is 5.26 Å². The van der Waals surface area contributed by atoms with Crippen molar-refractivity contribution in [2.75, 3.05) is 6.61 Å². The summed E-state index contributed by atoms with van der Waals surface area (Å²) in [5.74, 6) is -1.76. The number of esters is 3. The number of hydrogen-bond donors (Lipinski definition) is 0. The maximum absolute atomic E-state index is 13.2. The predicted octanol–water partition coefficient (Wildman–Crippen LogP) is 4.82. The van der Waals surface area contributed by atoms with E-state index in [-0.39, 0.29) is 23.3 Å². The molecule has 7 nitrogen and oxygen atoms in total. The van der Waals surface area contributed by atoms with Gasteiger partial charge in [0.1, 0.15) is 6.10 Å². The van der Waals surface area contributed by atoms with Gasteiger partial charge >= 0.3 is 17.9 Å². The van der Waals surface area contributed by atoms with Crippen molar-refractivity contribution >= 4 is 17.9 Å². The molecule has 0 aromatic heterocycles. The molecule has 3 atom stereocenters. The number of benzene rings is 4. The SMILES string of the molecule is N#Cc1ccc2c(c1)C1(c3ccccc3-2)c2cc3c(cc2-c2cc4c(cc21)C(=O)OC1COC41)C(=O)OC3=O. The lowest BCUT2D eigenvalue weighted by molar-refractivity contribution is -0.174. The number of carbonyl (C=O) groups is 3. The topological polar surface area (TPSA) is 103 Å². The highest BCUT2D eigenvalue weighted by Crippen LogP contribution is 2.64. The Kier molecular flexibility index (Phi) is 3.58. The van der Waals surface area contributed by atoms with Crippen LogP contribution in [0.2, 0.25) is 0 Å². The molecule has 4 aromatic rings. The number of hydrogen-bond acceptors (Lipinski definition) is 7. The maximum atomic E-state index is 13.2. The molecule has 0 saturated carbocycles. The van der Waals surface area contributed by atoms with Crippen molar-refractivity contribution < 1.29 is 28.6 Å². The molecule has 0 radical (unpaired) electrons. The van der Waals surface area contributed by atoms with Crippen molar-refractivity contribution in [1.82, 2.24) is 0 Å². The molecule has 1 spiro atoms. The average Bonchev–Trinajstić information content (AvgIpc) is 3.50. The third-order valence-corrected chi connectivity index (χ3v) is 8.81. The fourth-order valence-corrected chi connectivity index (χ4v) is 7.16. The van der Waals surface area contributed by atoms with Gasteiger partial charge in [-0.25, -0.2) is 14.4 Å². The van der Waals surface area contributed by atoms with Crippen LogP contribution in [0.15, 0.2) is 66.7 Å². The fraction of sp³-hybridized carbons (Fsp3) is 0.125. The Morgan fingerprint density at radius 1 is 0.692 bits per heavy atom. The number of ether oxygens (including phenoxy) is 3. The van der Waals surface area contributed by atoms with Crippen molar-refractivity contribution in [2.24, 2.45) is 0 Å². The quantitative estimate of drug-likeness (QED) is 0.214. The summed E-state index contributed by atoms with van der Waals surface area (Å²) in [5, 5.41) is 9.83. The molecule has 2 aliphatic carbocycles. The molecule has 7 heteroatoms. The van der Waals surface area contributed by atoms with Gasteiger partial charge in [-0.1, -0.05) is 30.3 Å². The first-order valence-corrected chi connectivity index (χ1v) is 12.6. The molecular formula is C32H15NO6. The molecular weight excluding hydrogens is 494 g/mol. The summed E-state index contributed by atoms with van der Waals surface area (Å²) in [6.07, 6.45) is -0.672. The summed E-state index contributed by atoms with van der Waals surface area (Å²) < 4.78 is 16.4. The van der Waals surface area contributed by atoms with E-state index in [1.54, 1.807) is 18.2 Å². The van der Waals surface area contributed by atoms with Gasteiger partial charge in [-0.3, -0.25) is 0 Å². The maximum Gasteiger partial charge on any atom is 0.346 e. The summed E-state index contributed by atoms with van der Waals surface area (Å²) in [7, 11) is 0. The Labute approximate surface area is 221 Å². The molecule has 4 aromatic carbocycles. The lowest BCUT2D eigenvalue weighted by atomic mass is 9.69. The summed E-state index contributed by atoms with van der Waals surface area (Å²) in [5.41, 5.74) is 8.22. The van der Waals surface area contributed by atoms with Crippen LogP contribution in [0.25, 0.3) is 22.3 Å². The fourth-order valence-electron chi connectivity index (χ4n) is 7.16. The Bertz CT molecular complexity index is 1970. The van der Waals surface area contributed by atoms with Gasteiger partial charge in [0.05, 0.1) is 40.3 Å². The number of rotatable bonds is 0. The number of nitriles is 1. The van der Waals surface area contributed by atoms with Crippen LogP contribution in [0.1, 0.15) is 70.6 Å². The van der Waals surface area contributed by atoms with E-state index in [1.165, 1.54) is 0 Å². The molecule has 3 unspecified atom stereocenters. The highest BCUT2D eigenvalue weighted by Gasteiger charge is 2.54.